The molecule has 0 radical (unpaired) electrons. The zero-order valence-electron chi connectivity index (χ0n) is 12.8. The van der Waals surface area contributed by atoms with E-state index in [1.807, 2.05) is 54.6 Å². The zero-order valence-corrected chi connectivity index (χ0v) is 13.6. The molecular formula is C21H14ClNO. The number of fused-ring (bicyclic) bond motifs is 1. The van der Waals surface area contributed by atoms with Crippen LogP contribution in [0.25, 0.3) is 34.4 Å². The predicted octanol–water partition coefficient (Wildman–Crippen LogP) is 6.32. The van der Waals surface area contributed by atoms with Crippen molar-refractivity contribution in [1.29, 1.82) is 0 Å². The molecule has 2 nitrogen and oxygen atoms in total. The number of hydrogen-bond acceptors (Lipinski definition) is 2. The first kappa shape index (κ1) is 14.7. The summed E-state index contributed by atoms with van der Waals surface area (Å²) in [6, 6.07) is 23.9. The van der Waals surface area contributed by atoms with Crippen molar-refractivity contribution in [3.63, 3.8) is 0 Å². The third kappa shape index (κ3) is 2.97. The third-order valence-corrected chi connectivity index (χ3v) is 4.13. The van der Waals surface area contributed by atoms with Crippen molar-refractivity contribution in [2.45, 2.75) is 0 Å². The summed E-state index contributed by atoms with van der Waals surface area (Å²) in [5.41, 5.74) is 4.08. The molecular weight excluding hydrogens is 318 g/mol. The second-order valence-corrected chi connectivity index (χ2v) is 5.98. The van der Waals surface area contributed by atoms with E-state index >= 15 is 0 Å². The first-order chi connectivity index (χ1) is 11.8. The second-order valence-electron chi connectivity index (χ2n) is 5.54. The number of hydrogen-bond donors (Lipinski definition) is 0. The van der Waals surface area contributed by atoms with Crippen LogP contribution in [-0.4, -0.2) is 5.16 Å². The number of aromatic nitrogens is 1. The predicted molar refractivity (Wildman–Crippen MR) is 99.8 cm³/mol. The van der Waals surface area contributed by atoms with Gasteiger partial charge in [0.25, 0.3) is 0 Å². The molecule has 3 aromatic carbocycles. The van der Waals surface area contributed by atoms with Crippen molar-refractivity contribution in [1.82, 2.24) is 5.16 Å². The highest BCUT2D eigenvalue weighted by Gasteiger charge is 2.10. The molecule has 1 heterocycles. The van der Waals surface area contributed by atoms with Gasteiger partial charge in [0, 0.05) is 10.6 Å². The lowest BCUT2D eigenvalue weighted by molar-refractivity contribution is 0.441. The fourth-order valence-corrected chi connectivity index (χ4v) is 2.75. The van der Waals surface area contributed by atoms with Gasteiger partial charge in [0.05, 0.1) is 5.39 Å². The van der Waals surface area contributed by atoms with Gasteiger partial charge in [-0.15, -0.1) is 0 Å². The van der Waals surface area contributed by atoms with Crippen LogP contribution in [0.1, 0.15) is 11.1 Å². The van der Waals surface area contributed by atoms with E-state index < -0.39 is 0 Å². The molecule has 24 heavy (non-hydrogen) atoms. The summed E-state index contributed by atoms with van der Waals surface area (Å²) in [5, 5.41) is 5.84. The maximum absolute atomic E-state index is 5.96. The summed E-state index contributed by atoms with van der Waals surface area (Å²) in [4.78, 5) is 0. The van der Waals surface area contributed by atoms with E-state index in [0.717, 1.165) is 27.8 Å². The highest BCUT2D eigenvalue weighted by atomic mass is 35.5. The number of nitrogens with zero attached hydrogens (tertiary/aromatic N) is 1. The van der Waals surface area contributed by atoms with Crippen molar-refractivity contribution < 1.29 is 4.52 Å². The van der Waals surface area contributed by atoms with Crippen molar-refractivity contribution in [3.05, 3.63) is 88.9 Å². The van der Waals surface area contributed by atoms with Gasteiger partial charge in [-0.25, -0.2) is 0 Å². The van der Waals surface area contributed by atoms with Gasteiger partial charge in [-0.05, 0) is 47.5 Å². The summed E-state index contributed by atoms with van der Waals surface area (Å²) >= 11 is 5.96. The van der Waals surface area contributed by atoms with E-state index in [0.29, 0.717) is 5.02 Å². The highest BCUT2D eigenvalue weighted by Crippen LogP contribution is 2.30. The molecule has 0 spiro atoms. The fraction of sp³-hybridized carbons (Fsp3) is 0. The number of benzene rings is 3. The second kappa shape index (κ2) is 6.34. The summed E-state index contributed by atoms with van der Waals surface area (Å²) in [6.45, 7) is 0. The van der Waals surface area contributed by atoms with Gasteiger partial charge in [0.1, 0.15) is 5.52 Å². The summed E-state index contributed by atoms with van der Waals surface area (Å²) in [7, 11) is 0. The molecule has 0 fully saturated rings. The minimum absolute atomic E-state index is 0.703. The van der Waals surface area contributed by atoms with Crippen LogP contribution in [0.2, 0.25) is 5.02 Å². The van der Waals surface area contributed by atoms with Gasteiger partial charge in [0.2, 0.25) is 0 Å². The normalized spacial score (nSPS) is 11.4. The van der Waals surface area contributed by atoms with Crippen LogP contribution < -0.4 is 0 Å². The van der Waals surface area contributed by atoms with Crippen molar-refractivity contribution >= 4 is 34.7 Å². The van der Waals surface area contributed by atoms with Crippen LogP contribution in [0.4, 0.5) is 0 Å². The molecule has 0 aliphatic heterocycles. The van der Waals surface area contributed by atoms with E-state index in [1.165, 1.54) is 5.56 Å². The lowest BCUT2D eigenvalue weighted by atomic mass is 10.1. The molecule has 0 unspecified atom stereocenters. The summed E-state index contributed by atoms with van der Waals surface area (Å²) in [5.74, 6) is 0.761. The zero-order chi connectivity index (χ0) is 16.4. The molecule has 0 saturated heterocycles. The highest BCUT2D eigenvalue weighted by molar-refractivity contribution is 6.30. The average Bonchev–Trinajstić information content (AvgIpc) is 3.05. The van der Waals surface area contributed by atoms with E-state index in [9.17, 15) is 0 Å². The summed E-state index contributed by atoms with van der Waals surface area (Å²) in [6.07, 6.45) is 4.18. The molecule has 116 valence electrons. The molecule has 0 amide bonds. The smallest absolute Gasteiger partial charge is 0.174 e. The van der Waals surface area contributed by atoms with E-state index in [-0.39, 0.29) is 0 Å². The van der Waals surface area contributed by atoms with Gasteiger partial charge in [-0.2, -0.15) is 0 Å². The van der Waals surface area contributed by atoms with Crippen LogP contribution >= 0.6 is 11.6 Å². The Hall–Kier alpha value is -2.84. The molecule has 0 bridgehead atoms. The monoisotopic (exact) mass is 331 g/mol. The van der Waals surface area contributed by atoms with Gasteiger partial charge >= 0.3 is 0 Å². The van der Waals surface area contributed by atoms with Crippen LogP contribution in [-0.2, 0) is 0 Å². The Morgan fingerprint density at radius 3 is 2.33 bits per heavy atom. The van der Waals surface area contributed by atoms with E-state index in [2.05, 4.69) is 35.5 Å². The van der Waals surface area contributed by atoms with E-state index in [1.54, 1.807) is 0 Å². The first-order valence-electron chi connectivity index (χ1n) is 7.68. The van der Waals surface area contributed by atoms with E-state index in [4.69, 9.17) is 16.1 Å². The topological polar surface area (TPSA) is 26.0 Å². The molecule has 3 heteroatoms. The van der Waals surface area contributed by atoms with Gasteiger partial charge in [-0.3, -0.25) is 0 Å². The lowest BCUT2D eigenvalue weighted by Gasteiger charge is -1.98. The largest absolute Gasteiger partial charge is 0.355 e. The molecule has 0 aliphatic rings. The number of halogens is 1. The number of rotatable bonds is 3. The Morgan fingerprint density at radius 2 is 1.54 bits per heavy atom. The van der Waals surface area contributed by atoms with Gasteiger partial charge in [0.15, 0.2) is 5.76 Å². The Bertz CT molecular complexity index is 1000. The lowest BCUT2D eigenvalue weighted by Crippen LogP contribution is -1.77. The van der Waals surface area contributed by atoms with Crippen LogP contribution in [0.5, 0.6) is 0 Å². The van der Waals surface area contributed by atoms with Crippen molar-refractivity contribution in [2.75, 3.05) is 0 Å². The molecule has 0 saturated carbocycles. The molecule has 0 atom stereocenters. The van der Waals surface area contributed by atoms with Crippen molar-refractivity contribution in [3.8, 4) is 11.3 Å². The molecule has 4 aromatic rings. The quantitative estimate of drug-likeness (QED) is 0.410. The Morgan fingerprint density at radius 1 is 0.792 bits per heavy atom. The molecule has 0 aliphatic carbocycles. The Labute approximate surface area is 145 Å². The van der Waals surface area contributed by atoms with Crippen LogP contribution in [0.15, 0.2) is 77.3 Å². The maximum atomic E-state index is 5.96. The van der Waals surface area contributed by atoms with Crippen LogP contribution in [0, 0.1) is 0 Å². The molecule has 0 N–H and O–H groups in total. The molecule has 4 rings (SSSR count). The average molecular weight is 332 g/mol. The maximum Gasteiger partial charge on any atom is 0.174 e. The van der Waals surface area contributed by atoms with Gasteiger partial charge < -0.3 is 4.52 Å². The van der Waals surface area contributed by atoms with Gasteiger partial charge in [-0.1, -0.05) is 65.3 Å². The first-order valence-corrected chi connectivity index (χ1v) is 8.06. The summed E-state index contributed by atoms with van der Waals surface area (Å²) < 4.78 is 5.54. The molecule has 1 aromatic heterocycles. The third-order valence-electron chi connectivity index (χ3n) is 3.87. The van der Waals surface area contributed by atoms with Crippen molar-refractivity contribution in [2.24, 2.45) is 0 Å². The minimum atomic E-state index is 0.703. The Balaban J connectivity index is 1.73. The Kier molecular flexibility index (Phi) is 3.89. The standard InChI is InChI=1S/C21H14ClNO/c22-18-11-9-17(10-12-18)21-19-14-16(8-13-20(19)23-24-21)7-6-15-4-2-1-3-5-15/h1-14H. The SMILES string of the molecule is Clc1ccc(-c2onc3ccc(C=Cc4ccccc4)cc23)cc1. The minimum Gasteiger partial charge on any atom is -0.355 e. The van der Waals surface area contributed by atoms with Crippen LogP contribution in [0.3, 0.4) is 0 Å². The fourth-order valence-electron chi connectivity index (χ4n) is 2.63.